The molecule has 0 aliphatic rings. The molecule has 0 aromatic carbocycles. The van der Waals surface area contributed by atoms with Crippen LogP contribution in [0.2, 0.25) is 0 Å². The summed E-state index contributed by atoms with van der Waals surface area (Å²) >= 11 is 11.9. The van der Waals surface area contributed by atoms with Gasteiger partial charge in [-0.1, -0.05) is 5.22 Å². The molecule has 119 valence electrons. The number of halogens is 4. The quantitative estimate of drug-likeness (QED) is 0.311. The Bertz CT molecular complexity index is 411. The van der Waals surface area contributed by atoms with E-state index in [0.29, 0.717) is 24.8 Å². The number of carbonyl (C=O) groups excluding carboxylic acids is 1. The fraction of sp³-hybridized carbons (Fsp3) is 0.500. The first-order chi connectivity index (χ1) is 9.60. The zero-order valence-corrected chi connectivity index (χ0v) is 14.0. The van der Waals surface area contributed by atoms with Crippen molar-refractivity contribution >= 4 is 55.1 Å². The van der Waals surface area contributed by atoms with Gasteiger partial charge in [-0.15, -0.1) is 28.3 Å². The van der Waals surface area contributed by atoms with Crippen LogP contribution in [0.3, 0.4) is 0 Å². The first-order valence-electron chi connectivity index (χ1n) is 5.03. The molecule has 20 heavy (non-hydrogen) atoms. The summed E-state index contributed by atoms with van der Waals surface area (Å²) in [6.07, 6.45) is 1.32. The van der Waals surface area contributed by atoms with Gasteiger partial charge < -0.3 is 10.7 Å². The third-order valence-corrected chi connectivity index (χ3v) is 2.15. The standard InChI is InChI=1S/C8H12Cl2N6O.2ClH.Cu/c9-1-3-16(4-2-10)15-14-8-6(7(11)17)12-5-13-8;;;/h5H,1-4H2,(H2,11,17)(H,12,13);2*1H;/q;;;+2/p-2/b15-14+;;;. The number of hydrogen-bond donors (Lipinski definition) is 2. The van der Waals surface area contributed by atoms with Crippen molar-refractivity contribution in [2.75, 3.05) is 24.8 Å². The van der Waals surface area contributed by atoms with Crippen LogP contribution >= 0.6 is 43.4 Å². The Labute approximate surface area is 140 Å². The van der Waals surface area contributed by atoms with Crippen LogP contribution in [0.4, 0.5) is 5.82 Å². The Morgan fingerprint density at radius 2 is 1.95 bits per heavy atom. The van der Waals surface area contributed by atoms with E-state index in [1.165, 1.54) is 6.33 Å². The number of aromatic amines is 1. The van der Waals surface area contributed by atoms with Gasteiger partial charge in [-0.25, -0.2) is 4.98 Å². The number of carbonyl (C=O) groups is 1. The minimum atomic E-state index is -0.641. The zero-order chi connectivity index (χ0) is 15.4. The minimum absolute atomic E-state index is 0.116. The number of nitrogens with one attached hydrogen (secondary N) is 1. The average molecular weight is 414 g/mol. The second-order valence-corrected chi connectivity index (χ2v) is 5.34. The molecule has 0 radical (unpaired) electrons. The van der Waals surface area contributed by atoms with Crippen LogP contribution < -0.4 is 5.73 Å². The van der Waals surface area contributed by atoms with Gasteiger partial charge in [0.1, 0.15) is 0 Å². The molecule has 0 aliphatic carbocycles. The summed E-state index contributed by atoms with van der Waals surface area (Å²) in [6, 6.07) is 0. The molecule has 12 heteroatoms. The fourth-order valence-corrected chi connectivity index (χ4v) is 1.44. The van der Waals surface area contributed by atoms with E-state index in [0.717, 1.165) is 13.1 Å². The van der Waals surface area contributed by atoms with Crippen molar-refractivity contribution < 1.29 is 17.9 Å². The number of hydrogen-bond acceptors (Lipinski definition) is 4. The van der Waals surface area contributed by atoms with Crippen LogP contribution in [-0.4, -0.2) is 45.7 Å². The number of nitrogens with zero attached hydrogens (tertiary/aromatic N) is 4. The van der Waals surface area contributed by atoms with Gasteiger partial charge in [0.25, 0.3) is 5.91 Å². The number of alkyl halides is 2. The van der Waals surface area contributed by atoms with Crippen LogP contribution in [0.1, 0.15) is 10.5 Å². The zero-order valence-electron chi connectivity index (χ0n) is 9.99. The number of primary amides is 1. The van der Waals surface area contributed by atoms with E-state index in [-0.39, 0.29) is 11.5 Å². The molecule has 1 heterocycles. The topological polar surface area (TPSA) is 99.7 Å². The second-order valence-electron chi connectivity index (χ2n) is 3.03. The third kappa shape index (κ3) is 8.14. The molecule has 0 aliphatic heterocycles. The summed E-state index contributed by atoms with van der Waals surface area (Å²) in [6.45, 7) is 1.02. The number of amides is 1. The van der Waals surface area contributed by atoms with Gasteiger partial charge in [0.2, 0.25) is 5.82 Å². The molecule has 0 bridgehead atoms. The van der Waals surface area contributed by atoms with Crippen LogP contribution in [0.25, 0.3) is 0 Å². The van der Waals surface area contributed by atoms with Crippen molar-refractivity contribution in [3.8, 4) is 0 Å². The predicted octanol–water partition coefficient (Wildman–Crippen LogP) is 2.66. The van der Waals surface area contributed by atoms with Crippen LogP contribution in [0, 0.1) is 0 Å². The molecule has 3 N–H and O–H groups in total. The van der Waals surface area contributed by atoms with Crippen molar-refractivity contribution in [2.45, 2.75) is 0 Å². The van der Waals surface area contributed by atoms with Crippen molar-refractivity contribution in [1.29, 1.82) is 0 Å². The van der Waals surface area contributed by atoms with Crippen LogP contribution in [0.15, 0.2) is 16.7 Å². The van der Waals surface area contributed by atoms with Crippen molar-refractivity contribution in [3.05, 3.63) is 12.0 Å². The SMILES string of the molecule is NC(=O)c1[nH]cnc1/N=N/N(CCCl)CCCl.[Cl][Cu][Cl]. The molecule has 0 spiro atoms. The predicted molar refractivity (Wildman–Crippen MR) is 76.3 cm³/mol. The Balaban J connectivity index is 0.00000110. The van der Waals surface area contributed by atoms with E-state index >= 15 is 0 Å². The van der Waals surface area contributed by atoms with E-state index in [9.17, 15) is 4.79 Å². The Morgan fingerprint density at radius 1 is 1.40 bits per heavy atom. The molecule has 0 unspecified atom stereocenters. The summed E-state index contributed by atoms with van der Waals surface area (Å²) < 4.78 is 0. The molecular formula is C8H12Cl4CuN6O. The monoisotopic (exact) mass is 411 g/mol. The Morgan fingerprint density at radius 3 is 2.40 bits per heavy atom. The van der Waals surface area contributed by atoms with Crippen LogP contribution in [0.5, 0.6) is 0 Å². The van der Waals surface area contributed by atoms with Gasteiger partial charge in [0, 0.05) is 11.8 Å². The molecular weight excluding hydrogens is 401 g/mol. The molecule has 0 fully saturated rings. The van der Waals surface area contributed by atoms with Gasteiger partial charge in [-0.05, 0) is 0 Å². The second kappa shape index (κ2) is 12.5. The maximum atomic E-state index is 11.0. The van der Waals surface area contributed by atoms with E-state index in [1.54, 1.807) is 5.01 Å². The fourth-order valence-electron chi connectivity index (χ4n) is 1.05. The molecule has 1 aromatic rings. The van der Waals surface area contributed by atoms with E-state index in [2.05, 4.69) is 40.5 Å². The van der Waals surface area contributed by atoms with Gasteiger partial charge in [0.05, 0.1) is 19.4 Å². The first kappa shape index (κ1) is 19.8. The summed E-state index contributed by atoms with van der Waals surface area (Å²) in [7, 11) is 9.34. The number of nitrogens with two attached hydrogens (primary N) is 1. The summed E-state index contributed by atoms with van der Waals surface area (Å²) in [5, 5.41) is 9.29. The Hall–Kier alpha value is -0.241. The normalized spacial score (nSPS) is 10.4. The average Bonchev–Trinajstić information content (AvgIpc) is 2.86. The molecule has 0 saturated heterocycles. The van der Waals surface area contributed by atoms with Gasteiger partial charge in [-0.3, -0.25) is 9.80 Å². The Kier molecular flexibility index (Phi) is 12.3. The number of aromatic nitrogens is 2. The van der Waals surface area contributed by atoms with E-state index < -0.39 is 5.91 Å². The van der Waals surface area contributed by atoms with Gasteiger partial charge in [-0.2, -0.15) is 0 Å². The van der Waals surface area contributed by atoms with Gasteiger partial charge in [0.15, 0.2) is 5.69 Å². The van der Waals surface area contributed by atoms with Crippen molar-refractivity contribution in [2.24, 2.45) is 16.1 Å². The van der Waals surface area contributed by atoms with Gasteiger partial charge >= 0.3 is 33.3 Å². The number of H-pyrrole nitrogens is 1. The van der Waals surface area contributed by atoms with Crippen molar-refractivity contribution in [3.63, 3.8) is 0 Å². The van der Waals surface area contributed by atoms with E-state index in [4.69, 9.17) is 28.9 Å². The molecule has 7 nitrogen and oxygen atoms in total. The summed E-state index contributed by atoms with van der Waals surface area (Å²) in [5.74, 6) is 0.308. The number of imidazole rings is 1. The first-order valence-corrected chi connectivity index (χ1v) is 8.69. The molecule has 0 atom stereocenters. The third-order valence-electron chi connectivity index (χ3n) is 1.82. The van der Waals surface area contributed by atoms with E-state index in [1.807, 2.05) is 0 Å². The number of rotatable bonds is 7. The summed E-state index contributed by atoms with van der Waals surface area (Å²) in [5.41, 5.74) is 5.23. The summed E-state index contributed by atoms with van der Waals surface area (Å²) in [4.78, 5) is 17.4. The maximum absolute atomic E-state index is 11.0. The molecule has 1 aromatic heterocycles. The molecule has 1 amide bonds. The molecule has 0 saturated carbocycles. The molecule has 1 rings (SSSR count). The van der Waals surface area contributed by atoms with Crippen LogP contribution in [-0.2, 0) is 13.1 Å². The van der Waals surface area contributed by atoms with Crippen molar-refractivity contribution in [1.82, 2.24) is 15.0 Å².